The Labute approximate surface area is 43.0 Å². The lowest BCUT2D eigenvalue weighted by Gasteiger charge is -2.26. The summed E-state index contributed by atoms with van der Waals surface area (Å²) < 4.78 is 12.1. The summed E-state index contributed by atoms with van der Waals surface area (Å²) in [5.41, 5.74) is 0. The summed E-state index contributed by atoms with van der Waals surface area (Å²) in [4.78, 5) is 0. The van der Waals surface area contributed by atoms with Crippen LogP contribution in [0.5, 0.6) is 0 Å². The minimum Gasteiger partial charge on any atom is -0.247 e. The van der Waals surface area contributed by atoms with Crippen LogP contribution >= 0.6 is 0 Å². The largest absolute Gasteiger partial charge is 0.247 e. The summed E-state index contributed by atoms with van der Waals surface area (Å²) in [6, 6.07) is 0. The van der Waals surface area contributed by atoms with E-state index in [-0.39, 0.29) is 5.92 Å². The molecule has 0 bridgehead atoms. The summed E-state index contributed by atoms with van der Waals surface area (Å²) in [7, 11) is 0. The Kier molecular flexibility index (Phi) is 1.13. The van der Waals surface area contributed by atoms with Crippen molar-refractivity contribution in [1.29, 1.82) is 0 Å². The third kappa shape index (κ3) is 0.671. The normalized spacial score (nSPS) is 39.6. The lowest BCUT2D eigenvalue weighted by molar-refractivity contribution is 0.149. The molecule has 1 aliphatic carbocycles. The number of halogens is 1. The second kappa shape index (κ2) is 1.65. The van der Waals surface area contributed by atoms with Crippen LogP contribution in [0.4, 0.5) is 4.39 Å². The van der Waals surface area contributed by atoms with Gasteiger partial charge < -0.3 is 0 Å². The van der Waals surface area contributed by atoms with Crippen molar-refractivity contribution in [3.05, 3.63) is 12.7 Å². The molecule has 2 atom stereocenters. The van der Waals surface area contributed by atoms with E-state index >= 15 is 0 Å². The average Bonchev–Trinajstić information content (AvgIpc) is 1.65. The molecule has 0 spiro atoms. The van der Waals surface area contributed by atoms with Crippen LogP contribution < -0.4 is 0 Å². The molecule has 0 amide bonds. The number of allylic oxidation sites excluding steroid dienone is 1. The van der Waals surface area contributed by atoms with Crippen molar-refractivity contribution in [2.45, 2.75) is 19.0 Å². The highest BCUT2D eigenvalue weighted by Gasteiger charge is 2.27. The monoisotopic (exact) mass is 100 g/mol. The molecule has 1 rings (SSSR count). The van der Waals surface area contributed by atoms with Crippen LogP contribution in [0.1, 0.15) is 12.8 Å². The molecule has 1 heteroatoms. The Bertz CT molecular complexity index is 78.2. The van der Waals surface area contributed by atoms with Crippen molar-refractivity contribution < 1.29 is 4.39 Å². The zero-order valence-electron chi connectivity index (χ0n) is 4.23. The summed E-state index contributed by atoms with van der Waals surface area (Å²) in [6.07, 6.45) is 2.88. The Hall–Kier alpha value is -0.330. The third-order valence-electron chi connectivity index (χ3n) is 1.54. The number of hydrogen-bond acceptors (Lipinski definition) is 0. The van der Waals surface area contributed by atoms with Crippen molar-refractivity contribution in [3.8, 4) is 0 Å². The van der Waals surface area contributed by atoms with E-state index in [1.165, 1.54) is 0 Å². The van der Waals surface area contributed by atoms with Gasteiger partial charge in [0.25, 0.3) is 0 Å². The van der Waals surface area contributed by atoms with E-state index in [9.17, 15) is 4.39 Å². The molecule has 0 saturated heterocycles. The van der Waals surface area contributed by atoms with Crippen LogP contribution in [-0.4, -0.2) is 6.17 Å². The third-order valence-corrected chi connectivity index (χ3v) is 1.54. The molecular formula is C6H9F. The van der Waals surface area contributed by atoms with E-state index in [1.807, 2.05) is 0 Å². The highest BCUT2D eigenvalue weighted by molar-refractivity contribution is 4.92. The summed E-state index contributed by atoms with van der Waals surface area (Å²) in [5, 5.41) is 0. The quantitative estimate of drug-likeness (QED) is 0.441. The van der Waals surface area contributed by atoms with Crippen molar-refractivity contribution >= 4 is 0 Å². The van der Waals surface area contributed by atoms with Gasteiger partial charge >= 0.3 is 0 Å². The average molecular weight is 100 g/mol. The second-order valence-corrected chi connectivity index (χ2v) is 1.99. The van der Waals surface area contributed by atoms with Crippen LogP contribution in [0, 0.1) is 5.92 Å². The molecule has 0 N–H and O–H groups in total. The van der Waals surface area contributed by atoms with Gasteiger partial charge in [-0.1, -0.05) is 6.08 Å². The molecule has 0 heterocycles. The summed E-state index contributed by atoms with van der Waals surface area (Å²) in [6.45, 7) is 3.49. The standard InChI is InChI=1S/C6H9F/c1-2-5-3-4-6(5)7/h2,5-6H,1,3-4H2. The van der Waals surface area contributed by atoms with Gasteiger partial charge in [-0.2, -0.15) is 0 Å². The Balaban J connectivity index is 2.28. The minimum absolute atomic E-state index is 0.181. The number of hydrogen-bond donors (Lipinski definition) is 0. The molecule has 40 valence electrons. The lowest BCUT2D eigenvalue weighted by atomic mass is 9.84. The molecule has 0 aliphatic heterocycles. The molecule has 1 aliphatic rings. The van der Waals surface area contributed by atoms with Gasteiger partial charge in [-0.05, 0) is 12.8 Å². The van der Waals surface area contributed by atoms with Gasteiger partial charge in [-0.3, -0.25) is 0 Å². The van der Waals surface area contributed by atoms with Gasteiger partial charge in [0, 0.05) is 5.92 Å². The highest BCUT2D eigenvalue weighted by Crippen LogP contribution is 2.30. The summed E-state index contributed by atoms with van der Waals surface area (Å²) >= 11 is 0. The van der Waals surface area contributed by atoms with E-state index in [2.05, 4.69) is 6.58 Å². The van der Waals surface area contributed by atoms with Gasteiger partial charge in [-0.25, -0.2) is 4.39 Å². The van der Waals surface area contributed by atoms with Crippen LogP contribution in [0.3, 0.4) is 0 Å². The van der Waals surface area contributed by atoms with E-state index in [0.717, 1.165) is 12.8 Å². The summed E-state index contributed by atoms with van der Waals surface area (Å²) in [5.74, 6) is 0.181. The molecule has 1 saturated carbocycles. The zero-order valence-corrected chi connectivity index (χ0v) is 4.23. The lowest BCUT2D eigenvalue weighted by Crippen LogP contribution is -2.24. The maximum absolute atomic E-state index is 12.1. The van der Waals surface area contributed by atoms with E-state index in [4.69, 9.17) is 0 Å². The fourth-order valence-electron chi connectivity index (χ4n) is 0.751. The first-order chi connectivity index (χ1) is 3.34. The van der Waals surface area contributed by atoms with Crippen molar-refractivity contribution in [3.63, 3.8) is 0 Å². The molecule has 7 heavy (non-hydrogen) atoms. The van der Waals surface area contributed by atoms with Crippen LogP contribution in [0.2, 0.25) is 0 Å². The molecule has 0 nitrogen and oxygen atoms in total. The van der Waals surface area contributed by atoms with Crippen molar-refractivity contribution in [2.75, 3.05) is 0 Å². The highest BCUT2D eigenvalue weighted by atomic mass is 19.1. The first-order valence-electron chi connectivity index (χ1n) is 2.61. The van der Waals surface area contributed by atoms with Gasteiger partial charge in [0.15, 0.2) is 0 Å². The van der Waals surface area contributed by atoms with Crippen LogP contribution in [-0.2, 0) is 0 Å². The van der Waals surface area contributed by atoms with E-state index in [1.54, 1.807) is 6.08 Å². The van der Waals surface area contributed by atoms with Gasteiger partial charge in [0.2, 0.25) is 0 Å². The number of rotatable bonds is 1. The van der Waals surface area contributed by atoms with Crippen LogP contribution in [0.25, 0.3) is 0 Å². The maximum atomic E-state index is 12.1. The predicted molar refractivity (Wildman–Crippen MR) is 27.8 cm³/mol. The fraction of sp³-hybridized carbons (Fsp3) is 0.667. The van der Waals surface area contributed by atoms with Crippen molar-refractivity contribution in [1.82, 2.24) is 0 Å². The topological polar surface area (TPSA) is 0 Å². The molecule has 1 fully saturated rings. The zero-order chi connectivity index (χ0) is 5.28. The van der Waals surface area contributed by atoms with Gasteiger partial charge in [-0.15, -0.1) is 6.58 Å². The maximum Gasteiger partial charge on any atom is 0.106 e. The molecule has 0 aromatic heterocycles. The van der Waals surface area contributed by atoms with Gasteiger partial charge in [0.05, 0.1) is 0 Å². The van der Waals surface area contributed by atoms with Crippen LogP contribution in [0.15, 0.2) is 12.7 Å². The Morgan fingerprint density at radius 2 is 2.29 bits per heavy atom. The second-order valence-electron chi connectivity index (χ2n) is 1.99. The fourth-order valence-corrected chi connectivity index (χ4v) is 0.751. The smallest absolute Gasteiger partial charge is 0.106 e. The molecule has 0 aromatic rings. The minimum atomic E-state index is -0.572. The molecular weight excluding hydrogens is 91.1 g/mol. The SMILES string of the molecule is C=CC1CCC1F. The molecule has 0 radical (unpaired) electrons. The number of alkyl halides is 1. The van der Waals surface area contributed by atoms with E-state index in [0.29, 0.717) is 0 Å². The molecule has 2 unspecified atom stereocenters. The van der Waals surface area contributed by atoms with E-state index < -0.39 is 6.17 Å². The predicted octanol–water partition coefficient (Wildman–Crippen LogP) is 1.92. The first kappa shape index (κ1) is 4.82. The van der Waals surface area contributed by atoms with Gasteiger partial charge in [0.1, 0.15) is 6.17 Å². The Morgan fingerprint density at radius 3 is 2.29 bits per heavy atom. The Morgan fingerprint density at radius 1 is 1.57 bits per heavy atom. The molecule has 0 aromatic carbocycles. The van der Waals surface area contributed by atoms with Crippen molar-refractivity contribution in [2.24, 2.45) is 5.92 Å². The first-order valence-corrected chi connectivity index (χ1v) is 2.61.